The minimum Gasteiger partial charge on any atom is -0.324 e. The molecular weight excluding hydrogens is 693 g/mol. The smallest absolute Gasteiger partial charge is 0.272 e. The van der Waals surface area contributed by atoms with Gasteiger partial charge < -0.3 is 16.0 Å². The van der Waals surface area contributed by atoms with Crippen molar-refractivity contribution in [1.29, 1.82) is 0 Å². The van der Waals surface area contributed by atoms with Gasteiger partial charge in [0, 0.05) is 32.8 Å². The lowest BCUT2D eigenvalue weighted by Crippen LogP contribution is -2.30. The number of anilines is 2. The maximum Gasteiger partial charge on any atom is 0.272 e. The van der Waals surface area contributed by atoms with Crippen LogP contribution in [0.5, 0.6) is 0 Å². The van der Waals surface area contributed by atoms with Crippen LogP contribution in [0.1, 0.15) is 54.7 Å². The van der Waals surface area contributed by atoms with Crippen molar-refractivity contribution in [3.05, 3.63) is 164 Å². The zero-order chi connectivity index (χ0) is 35.4. The minimum absolute atomic E-state index is 0.0569. The molecule has 1 aliphatic rings. The molecule has 8 nitrogen and oxygen atoms in total. The molecule has 0 heterocycles. The molecule has 0 aliphatic heterocycles. The van der Waals surface area contributed by atoms with Crippen molar-refractivity contribution >= 4 is 81.7 Å². The van der Waals surface area contributed by atoms with Gasteiger partial charge in [-0.25, -0.2) is 0 Å². The van der Waals surface area contributed by atoms with E-state index < -0.39 is 17.1 Å². The van der Waals surface area contributed by atoms with Crippen molar-refractivity contribution in [2.24, 2.45) is 0 Å². The number of ketones is 2. The molecule has 0 saturated heterocycles. The summed E-state index contributed by atoms with van der Waals surface area (Å²) in [6.45, 7) is 1.72. The molecule has 3 amide bonds. The lowest BCUT2D eigenvalue weighted by Gasteiger charge is -2.21. The van der Waals surface area contributed by atoms with Crippen molar-refractivity contribution < 1.29 is 24.0 Å². The Morgan fingerprint density at radius 3 is 2.06 bits per heavy atom. The van der Waals surface area contributed by atoms with Crippen molar-refractivity contribution in [1.82, 2.24) is 5.32 Å². The Bertz CT molecular complexity index is 2200. The maximum atomic E-state index is 13.4. The molecule has 1 atom stereocenters. The largest absolute Gasteiger partial charge is 0.324 e. The fourth-order valence-corrected chi connectivity index (χ4v) is 6.52. The van der Waals surface area contributed by atoms with Gasteiger partial charge in [-0.15, -0.1) is 11.8 Å². The van der Waals surface area contributed by atoms with Crippen LogP contribution in [0, 0.1) is 0 Å². The highest BCUT2D eigenvalue weighted by molar-refractivity contribution is 8.00. The van der Waals surface area contributed by atoms with E-state index >= 15 is 0 Å². The fourth-order valence-electron chi connectivity index (χ4n) is 5.29. The molecule has 11 heteroatoms. The van der Waals surface area contributed by atoms with Crippen LogP contribution in [0.2, 0.25) is 10.0 Å². The van der Waals surface area contributed by atoms with Crippen LogP contribution < -0.4 is 16.0 Å². The molecule has 248 valence electrons. The number of hydrogen-bond acceptors (Lipinski definition) is 6. The normalized spacial score (nSPS) is 12.7. The number of nitrogens with one attached hydrogen (secondary N) is 3. The third-order valence-corrected chi connectivity index (χ3v) is 9.76. The molecule has 6 rings (SSSR count). The topological polar surface area (TPSA) is 121 Å². The average Bonchev–Trinajstić information content (AvgIpc) is 3.13. The Morgan fingerprint density at radius 2 is 1.34 bits per heavy atom. The fraction of sp³-hybridized carbons (Fsp3) is 0.0513. The summed E-state index contributed by atoms with van der Waals surface area (Å²) < 4.78 is 0. The van der Waals surface area contributed by atoms with Gasteiger partial charge in [0.25, 0.3) is 11.8 Å². The molecule has 0 radical (unpaired) electrons. The van der Waals surface area contributed by atoms with E-state index in [0.29, 0.717) is 33.0 Å². The standard InChI is InChI=1S/C39H27Cl2N3O5S/c1-22(37(47)43-31-16-8-14-29-33(31)36(46)28-13-6-5-12-27(28)35(29)45)50-26-19-17-25(18-20-26)42-39(49)32(21-24-11-7-15-30(40)34(24)41)44-38(48)23-9-3-2-4-10-23/h2-22H,1H3,(H,42,49)(H,43,47)(H,44,48)/b32-21-. The van der Waals surface area contributed by atoms with Crippen LogP contribution in [0.15, 0.2) is 126 Å². The van der Waals surface area contributed by atoms with Gasteiger partial charge in [0.1, 0.15) is 5.70 Å². The molecule has 0 bridgehead atoms. The number of carbonyl (C=O) groups excluding carboxylic acids is 5. The number of halogens is 2. The molecule has 0 fully saturated rings. The lowest BCUT2D eigenvalue weighted by molar-refractivity contribution is -0.115. The van der Waals surface area contributed by atoms with E-state index in [4.69, 9.17) is 23.2 Å². The summed E-state index contributed by atoms with van der Waals surface area (Å²) in [6.07, 6.45) is 1.45. The van der Waals surface area contributed by atoms with Gasteiger partial charge in [0.05, 0.1) is 26.5 Å². The third kappa shape index (κ3) is 7.40. The van der Waals surface area contributed by atoms with Crippen molar-refractivity contribution in [3.8, 4) is 0 Å². The Hall–Kier alpha value is -5.48. The Labute approximate surface area is 301 Å². The van der Waals surface area contributed by atoms with E-state index in [1.807, 2.05) is 0 Å². The zero-order valence-corrected chi connectivity index (χ0v) is 28.7. The first kappa shape index (κ1) is 34.4. The van der Waals surface area contributed by atoms with Crippen LogP contribution >= 0.6 is 35.0 Å². The number of thioether (sulfide) groups is 1. The summed E-state index contributed by atoms with van der Waals surface area (Å²) in [5, 5.41) is 8.22. The highest BCUT2D eigenvalue weighted by atomic mass is 35.5. The van der Waals surface area contributed by atoms with Crippen LogP contribution in [-0.4, -0.2) is 34.5 Å². The second kappa shape index (κ2) is 15.0. The Kier molecular flexibility index (Phi) is 10.3. The van der Waals surface area contributed by atoms with Crippen molar-refractivity contribution in [2.75, 3.05) is 10.6 Å². The summed E-state index contributed by atoms with van der Waals surface area (Å²) in [5.74, 6) is -2.03. The van der Waals surface area contributed by atoms with E-state index in [-0.39, 0.29) is 45.0 Å². The SMILES string of the molecule is CC(Sc1ccc(NC(=O)/C(=C/c2cccc(Cl)c2Cl)NC(=O)c2ccccc2)cc1)C(=O)Nc1cccc2c1C(=O)c1ccccc1C2=O. The second-order valence-electron chi connectivity index (χ2n) is 11.2. The average molecular weight is 721 g/mol. The van der Waals surface area contributed by atoms with E-state index in [1.54, 1.807) is 122 Å². The van der Waals surface area contributed by atoms with E-state index in [9.17, 15) is 24.0 Å². The number of hydrogen-bond donors (Lipinski definition) is 3. The van der Waals surface area contributed by atoms with Gasteiger partial charge in [-0.2, -0.15) is 0 Å². The predicted octanol–water partition coefficient (Wildman–Crippen LogP) is 8.30. The van der Waals surface area contributed by atoms with Crippen LogP contribution in [0.25, 0.3) is 6.08 Å². The molecule has 50 heavy (non-hydrogen) atoms. The molecule has 0 aromatic heterocycles. The number of amides is 3. The highest BCUT2D eigenvalue weighted by Crippen LogP contribution is 2.33. The molecule has 5 aromatic carbocycles. The van der Waals surface area contributed by atoms with Gasteiger partial charge in [-0.3, -0.25) is 24.0 Å². The molecule has 0 spiro atoms. The van der Waals surface area contributed by atoms with Crippen LogP contribution in [0.4, 0.5) is 11.4 Å². The van der Waals surface area contributed by atoms with E-state index in [1.165, 1.54) is 17.8 Å². The highest BCUT2D eigenvalue weighted by Gasteiger charge is 2.32. The van der Waals surface area contributed by atoms with Gasteiger partial charge in [-0.05, 0) is 67.1 Å². The predicted molar refractivity (Wildman–Crippen MR) is 197 cm³/mol. The number of benzene rings is 5. The third-order valence-electron chi connectivity index (χ3n) is 7.81. The van der Waals surface area contributed by atoms with Crippen LogP contribution in [0.3, 0.4) is 0 Å². The van der Waals surface area contributed by atoms with E-state index in [2.05, 4.69) is 16.0 Å². The van der Waals surface area contributed by atoms with Gasteiger partial charge >= 0.3 is 0 Å². The number of rotatable bonds is 9. The van der Waals surface area contributed by atoms with Crippen LogP contribution in [-0.2, 0) is 9.59 Å². The minimum atomic E-state index is -0.597. The Morgan fingerprint density at radius 1 is 0.700 bits per heavy atom. The first-order valence-electron chi connectivity index (χ1n) is 15.3. The maximum absolute atomic E-state index is 13.4. The summed E-state index contributed by atoms with van der Waals surface area (Å²) in [6, 6.07) is 31.7. The number of fused-ring (bicyclic) bond motifs is 2. The van der Waals surface area contributed by atoms with Crippen molar-refractivity contribution in [2.45, 2.75) is 17.1 Å². The molecule has 5 aromatic rings. The molecule has 3 N–H and O–H groups in total. The molecule has 1 aliphatic carbocycles. The lowest BCUT2D eigenvalue weighted by atomic mass is 9.83. The molecule has 1 unspecified atom stereocenters. The van der Waals surface area contributed by atoms with Gasteiger partial charge in [0.15, 0.2) is 11.6 Å². The van der Waals surface area contributed by atoms with Gasteiger partial charge in [-0.1, -0.05) is 89.9 Å². The number of carbonyl (C=O) groups is 5. The zero-order valence-electron chi connectivity index (χ0n) is 26.3. The van der Waals surface area contributed by atoms with E-state index in [0.717, 1.165) is 4.90 Å². The summed E-state index contributed by atoms with van der Waals surface area (Å²) >= 11 is 13.8. The van der Waals surface area contributed by atoms with Crippen molar-refractivity contribution in [3.63, 3.8) is 0 Å². The summed E-state index contributed by atoms with van der Waals surface area (Å²) in [4.78, 5) is 66.8. The van der Waals surface area contributed by atoms with Gasteiger partial charge in [0.2, 0.25) is 5.91 Å². The first-order chi connectivity index (χ1) is 24.1. The summed E-state index contributed by atoms with van der Waals surface area (Å²) in [7, 11) is 0. The quantitative estimate of drug-likeness (QED) is 0.102. The summed E-state index contributed by atoms with van der Waals surface area (Å²) in [5.41, 5.74) is 2.52. The molecular formula is C39H27Cl2N3O5S. The second-order valence-corrected chi connectivity index (χ2v) is 13.4. The Balaban J connectivity index is 1.14. The monoisotopic (exact) mass is 719 g/mol. The molecule has 0 saturated carbocycles. The first-order valence-corrected chi connectivity index (χ1v) is 17.0.